The van der Waals surface area contributed by atoms with Gasteiger partial charge in [0.15, 0.2) is 5.96 Å². The van der Waals surface area contributed by atoms with E-state index in [0.717, 1.165) is 0 Å². The molecule has 0 rings (SSSR count). The van der Waals surface area contributed by atoms with Gasteiger partial charge in [-0.1, -0.05) is 13.8 Å². The fourth-order valence-electron chi connectivity index (χ4n) is 3.12. The number of unbranched alkanes of at least 4 members (excludes halogenated alkanes) is 1. The van der Waals surface area contributed by atoms with Crippen molar-refractivity contribution in [2.75, 3.05) is 18.8 Å². The van der Waals surface area contributed by atoms with Gasteiger partial charge in [0.05, 0.1) is 6.04 Å². The standard InChI is InChI=1S/C21H42N8O5S/c1-12(2)10-15(28-17(30)13(23)6-5-9-26-21(24)25)18(31)29-16(11-35)19(32)27-14(20(33)34)7-3-4-8-22/h12-16,35H,3-11,22-23H2,1-2H3,(H,27,32)(H,28,30)(H,29,31)(H,33,34)(H4,24,25,26). The number of aliphatic imine (C=N–C) groups is 1. The van der Waals surface area contributed by atoms with E-state index in [1.807, 2.05) is 13.8 Å². The molecule has 202 valence electrons. The number of nitrogens with zero attached hydrogens (tertiary/aromatic N) is 1. The first-order valence-electron chi connectivity index (χ1n) is 11.7. The maximum Gasteiger partial charge on any atom is 0.326 e. The van der Waals surface area contributed by atoms with Crippen LogP contribution in [0.4, 0.5) is 0 Å². The quantitative estimate of drug-likeness (QED) is 0.0421. The van der Waals surface area contributed by atoms with Gasteiger partial charge in [-0.25, -0.2) is 4.79 Å². The fraction of sp³-hybridized carbons (Fsp3) is 0.762. The summed E-state index contributed by atoms with van der Waals surface area (Å²) in [4.78, 5) is 53.4. The summed E-state index contributed by atoms with van der Waals surface area (Å²) in [6, 6.07) is -4.03. The molecule has 0 fully saturated rings. The molecule has 0 saturated carbocycles. The Labute approximate surface area is 212 Å². The Bertz CT molecular complexity index is 718. The van der Waals surface area contributed by atoms with Crippen LogP contribution in [0.15, 0.2) is 4.99 Å². The van der Waals surface area contributed by atoms with Crippen molar-refractivity contribution in [1.29, 1.82) is 0 Å². The van der Waals surface area contributed by atoms with Crippen molar-refractivity contribution in [1.82, 2.24) is 16.0 Å². The number of hydrogen-bond donors (Lipinski definition) is 9. The number of rotatable bonds is 18. The van der Waals surface area contributed by atoms with Crippen molar-refractivity contribution in [3.05, 3.63) is 0 Å². The molecule has 12 N–H and O–H groups in total. The summed E-state index contributed by atoms with van der Waals surface area (Å²) in [6.07, 6.45) is 2.45. The van der Waals surface area contributed by atoms with Crippen LogP contribution in [-0.2, 0) is 19.2 Å². The lowest BCUT2D eigenvalue weighted by Gasteiger charge is -2.25. The van der Waals surface area contributed by atoms with E-state index in [-0.39, 0.29) is 24.1 Å². The summed E-state index contributed by atoms with van der Waals surface area (Å²) in [7, 11) is 0. The molecule has 0 aromatic carbocycles. The van der Waals surface area contributed by atoms with Crippen LogP contribution in [0.25, 0.3) is 0 Å². The Morgan fingerprint density at radius 1 is 0.886 bits per heavy atom. The molecular weight excluding hydrogens is 476 g/mol. The molecule has 0 radical (unpaired) electrons. The molecule has 0 aliphatic carbocycles. The predicted octanol–water partition coefficient (Wildman–Crippen LogP) is -1.99. The minimum Gasteiger partial charge on any atom is -0.480 e. The van der Waals surface area contributed by atoms with E-state index >= 15 is 0 Å². The largest absolute Gasteiger partial charge is 0.480 e. The van der Waals surface area contributed by atoms with Gasteiger partial charge in [-0.3, -0.25) is 19.4 Å². The number of carbonyl (C=O) groups is 4. The Morgan fingerprint density at radius 3 is 1.97 bits per heavy atom. The predicted molar refractivity (Wildman–Crippen MR) is 138 cm³/mol. The zero-order valence-electron chi connectivity index (χ0n) is 20.5. The van der Waals surface area contributed by atoms with Gasteiger partial charge in [-0.15, -0.1) is 0 Å². The first-order valence-corrected chi connectivity index (χ1v) is 12.3. The van der Waals surface area contributed by atoms with Crippen molar-refractivity contribution in [3.63, 3.8) is 0 Å². The second-order valence-corrected chi connectivity index (χ2v) is 9.04. The van der Waals surface area contributed by atoms with Crippen LogP contribution in [0, 0.1) is 5.92 Å². The maximum absolute atomic E-state index is 12.9. The first-order chi connectivity index (χ1) is 16.4. The van der Waals surface area contributed by atoms with E-state index in [1.165, 1.54) is 0 Å². The number of guanidine groups is 1. The van der Waals surface area contributed by atoms with Crippen LogP contribution in [0.2, 0.25) is 0 Å². The summed E-state index contributed by atoms with van der Waals surface area (Å²) in [5, 5.41) is 17.0. The smallest absolute Gasteiger partial charge is 0.326 e. The molecule has 0 saturated heterocycles. The Balaban J connectivity index is 5.12. The zero-order valence-corrected chi connectivity index (χ0v) is 21.4. The lowest BCUT2D eigenvalue weighted by molar-refractivity contribution is -0.142. The van der Waals surface area contributed by atoms with E-state index in [1.54, 1.807) is 0 Å². The molecule has 4 unspecified atom stereocenters. The molecule has 0 aromatic rings. The minimum absolute atomic E-state index is 0.0476. The number of thiol groups is 1. The number of amides is 3. The van der Waals surface area contributed by atoms with E-state index < -0.39 is 47.9 Å². The summed E-state index contributed by atoms with van der Waals surface area (Å²) in [6.45, 7) is 4.49. The van der Waals surface area contributed by atoms with Crippen LogP contribution in [0.5, 0.6) is 0 Å². The summed E-state index contributed by atoms with van der Waals surface area (Å²) in [5.41, 5.74) is 21.9. The van der Waals surface area contributed by atoms with E-state index in [4.69, 9.17) is 22.9 Å². The number of hydrogen-bond acceptors (Lipinski definition) is 8. The number of carboxylic acids is 1. The SMILES string of the molecule is CC(C)CC(NC(=O)C(N)CCCN=C(N)N)C(=O)NC(CS)C(=O)NC(CCCCN)C(=O)O. The van der Waals surface area contributed by atoms with Gasteiger partial charge >= 0.3 is 5.97 Å². The van der Waals surface area contributed by atoms with Crippen molar-refractivity contribution in [3.8, 4) is 0 Å². The van der Waals surface area contributed by atoms with Crippen LogP contribution in [-0.4, -0.2) is 77.8 Å². The monoisotopic (exact) mass is 518 g/mol. The van der Waals surface area contributed by atoms with Gasteiger partial charge in [0.25, 0.3) is 0 Å². The highest BCUT2D eigenvalue weighted by Gasteiger charge is 2.30. The van der Waals surface area contributed by atoms with Crippen LogP contribution in [0.1, 0.15) is 52.4 Å². The molecule has 0 aromatic heterocycles. The molecule has 0 bridgehead atoms. The van der Waals surface area contributed by atoms with E-state index in [0.29, 0.717) is 45.2 Å². The van der Waals surface area contributed by atoms with Crippen LogP contribution < -0.4 is 38.9 Å². The lowest BCUT2D eigenvalue weighted by Crippen LogP contribution is -2.57. The molecule has 4 atom stereocenters. The molecular formula is C21H42N8O5S. The fourth-order valence-corrected chi connectivity index (χ4v) is 3.38. The average molecular weight is 519 g/mol. The van der Waals surface area contributed by atoms with Gasteiger partial charge < -0.3 is 44.0 Å². The second kappa shape index (κ2) is 17.8. The Kier molecular flexibility index (Phi) is 16.5. The number of aliphatic carboxylic acids is 1. The summed E-state index contributed by atoms with van der Waals surface area (Å²) >= 11 is 4.12. The normalized spacial score (nSPS) is 14.3. The number of nitrogens with one attached hydrogen (secondary N) is 3. The molecule has 3 amide bonds. The van der Waals surface area contributed by atoms with Gasteiger partial charge in [0.1, 0.15) is 18.1 Å². The number of nitrogens with two attached hydrogens (primary N) is 4. The topological polar surface area (TPSA) is 241 Å². The highest BCUT2D eigenvalue weighted by Crippen LogP contribution is 2.08. The van der Waals surface area contributed by atoms with E-state index in [9.17, 15) is 24.3 Å². The molecule has 14 heteroatoms. The van der Waals surface area contributed by atoms with Gasteiger partial charge in [0.2, 0.25) is 17.7 Å². The second-order valence-electron chi connectivity index (χ2n) is 8.67. The van der Waals surface area contributed by atoms with Gasteiger partial charge in [-0.05, 0) is 51.0 Å². The third-order valence-corrected chi connectivity index (χ3v) is 5.39. The zero-order chi connectivity index (χ0) is 27.0. The third kappa shape index (κ3) is 14.4. The Hall–Kier alpha value is -2.58. The average Bonchev–Trinajstić information content (AvgIpc) is 2.78. The molecule has 13 nitrogen and oxygen atoms in total. The molecule has 35 heavy (non-hydrogen) atoms. The van der Waals surface area contributed by atoms with Crippen LogP contribution >= 0.6 is 12.6 Å². The third-order valence-electron chi connectivity index (χ3n) is 5.02. The van der Waals surface area contributed by atoms with Crippen molar-refractivity contribution in [2.45, 2.75) is 76.5 Å². The van der Waals surface area contributed by atoms with Crippen molar-refractivity contribution < 1.29 is 24.3 Å². The lowest BCUT2D eigenvalue weighted by atomic mass is 10.0. The molecule has 0 spiro atoms. The summed E-state index contributed by atoms with van der Waals surface area (Å²) < 4.78 is 0. The summed E-state index contributed by atoms with van der Waals surface area (Å²) in [5.74, 6) is -3.05. The highest BCUT2D eigenvalue weighted by atomic mass is 32.1. The van der Waals surface area contributed by atoms with Crippen molar-refractivity contribution >= 4 is 42.3 Å². The Morgan fingerprint density at radius 2 is 1.46 bits per heavy atom. The maximum atomic E-state index is 12.9. The van der Waals surface area contributed by atoms with E-state index in [2.05, 4.69) is 33.6 Å². The number of carbonyl (C=O) groups excluding carboxylic acids is 3. The van der Waals surface area contributed by atoms with Crippen molar-refractivity contribution in [2.24, 2.45) is 33.8 Å². The molecule has 0 aliphatic heterocycles. The molecule has 0 heterocycles. The molecule has 0 aliphatic rings. The highest BCUT2D eigenvalue weighted by molar-refractivity contribution is 7.80. The van der Waals surface area contributed by atoms with Crippen LogP contribution in [0.3, 0.4) is 0 Å². The number of carboxylic acid groups (broad SMARTS) is 1. The first kappa shape index (κ1) is 32.4. The minimum atomic E-state index is -1.18. The van der Waals surface area contributed by atoms with Gasteiger partial charge in [-0.2, -0.15) is 12.6 Å². The van der Waals surface area contributed by atoms with Gasteiger partial charge in [0, 0.05) is 12.3 Å².